The minimum absolute atomic E-state index is 0.0973. The molecule has 2 atom stereocenters. The van der Waals surface area contributed by atoms with Crippen molar-refractivity contribution in [1.29, 1.82) is 0 Å². The largest absolute Gasteiger partial charge is 0.435 e. The van der Waals surface area contributed by atoms with Crippen LogP contribution in [0.25, 0.3) is 10.9 Å². The number of nitrogens with zero attached hydrogens (tertiary/aromatic N) is 3. The fourth-order valence-corrected chi connectivity index (χ4v) is 4.84. The topological polar surface area (TPSA) is 92.1 Å². The van der Waals surface area contributed by atoms with E-state index in [2.05, 4.69) is 20.7 Å². The lowest BCUT2D eigenvalue weighted by molar-refractivity contribution is -0.142. The van der Waals surface area contributed by atoms with Gasteiger partial charge in [0.2, 0.25) is 0 Å². The quantitative estimate of drug-likeness (QED) is 0.310. The smallest absolute Gasteiger partial charge is 0.389 e. The molecule has 4 rings (SSSR count). The maximum atomic E-state index is 13.6. The summed E-state index contributed by atoms with van der Waals surface area (Å²) in [6, 6.07) is 4.30. The van der Waals surface area contributed by atoms with Gasteiger partial charge in [0.1, 0.15) is 5.69 Å². The van der Waals surface area contributed by atoms with Crippen molar-refractivity contribution >= 4 is 34.1 Å². The molecule has 2 unspecified atom stereocenters. The lowest BCUT2D eigenvalue weighted by Gasteiger charge is -2.31. The molecule has 0 bridgehead atoms. The van der Waals surface area contributed by atoms with Crippen molar-refractivity contribution in [3.05, 3.63) is 52.4 Å². The zero-order valence-corrected chi connectivity index (χ0v) is 21.7. The van der Waals surface area contributed by atoms with Crippen LogP contribution < -0.4 is 10.6 Å². The van der Waals surface area contributed by atoms with E-state index in [0.29, 0.717) is 29.7 Å². The number of aliphatic hydroxyl groups is 1. The summed E-state index contributed by atoms with van der Waals surface area (Å²) < 4.78 is 82.0. The molecule has 212 valence electrons. The van der Waals surface area contributed by atoms with Gasteiger partial charge in [0.15, 0.2) is 5.69 Å². The van der Waals surface area contributed by atoms with Crippen molar-refractivity contribution in [1.82, 2.24) is 20.1 Å². The van der Waals surface area contributed by atoms with E-state index in [0.717, 1.165) is 16.9 Å². The predicted molar refractivity (Wildman–Crippen MR) is 132 cm³/mol. The average Bonchev–Trinajstić information content (AvgIpc) is 3.22. The molecule has 1 aliphatic rings. The first kappa shape index (κ1) is 28.9. The molecule has 1 amide bonds. The molecule has 1 aliphatic carbocycles. The van der Waals surface area contributed by atoms with Crippen molar-refractivity contribution in [2.45, 2.75) is 76.1 Å². The number of carbonyl (C=O) groups is 1. The van der Waals surface area contributed by atoms with Gasteiger partial charge in [-0.25, -0.2) is 4.98 Å². The maximum Gasteiger partial charge on any atom is 0.435 e. The normalized spacial score (nSPS) is 18.8. The number of rotatable bonds is 6. The summed E-state index contributed by atoms with van der Waals surface area (Å²) in [5, 5.41) is 19.8. The number of halogens is 7. The summed E-state index contributed by atoms with van der Waals surface area (Å²) in [6.45, 7) is 2.53. The van der Waals surface area contributed by atoms with Crippen LogP contribution >= 0.6 is 11.6 Å². The molecule has 1 aromatic carbocycles. The number of alkyl halides is 6. The third-order valence-corrected chi connectivity index (χ3v) is 6.49. The summed E-state index contributed by atoms with van der Waals surface area (Å²) in [5.74, 6) is -0.976. The number of pyridine rings is 1. The van der Waals surface area contributed by atoms with Gasteiger partial charge in [-0.2, -0.15) is 31.4 Å². The second kappa shape index (κ2) is 10.5. The van der Waals surface area contributed by atoms with E-state index < -0.39 is 46.9 Å². The molecular formula is C25H26ClF6N5O2. The third-order valence-electron chi connectivity index (χ3n) is 6.25. The highest BCUT2D eigenvalue weighted by Gasteiger charge is 2.40. The minimum Gasteiger partial charge on any atom is -0.389 e. The van der Waals surface area contributed by atoms with E-state index >= 15 is 0 Å². The molecule has 0 saturated heterocycles. The summed E-state index contributed by atoms with van der Waals surface area (Å²) in [7, 11) is 0. The summed E-state index contributed by atoms with van der Waals surface area (Å²) >= 11 is 6.06. The summed E-state index contributed by atoms with van der Waals surface area (Å²) in [4.78, 5) is 16.6. The Hall–Kier alpha value is -3.06. The fraction of sp³-hybridized carbons (Fsp3) is 0.480. The lowest BCUT2D eigenvalue weighted by Crippen LogP contribution is -2.42. The van der Waals surface area contributed by atoms with E-state index in [1.165, 1.54) is 32.0 Å². The molecule has 2 aromatic heterocycles. The summed E-state index contributed by atoms with van der Waals surface area (Å²) in [6.07, 6.45) is -6.76. The van der Waals surface area contributed by atoms with Crippen molar-refractivity contribution in [2.24, 2.45) is 0 Å². The minimum atomic E-state index is -4.89. The van der Waals surface area contributed by atoms with Gasteiger partial charge in [-0.1, -0.05) is 11.6 Å². The second-order valence-electron chi connectivity index (χ2n) is 10.3. The Bertz CT molecular complexity index is 1370. The van der Waals surface area contributed by atoms with E-state index in [-0.39, 0.29) is 30.2 Å². The molecule has 7 nitrogen and oxygen atoms in total. The van der Waals surface area contributed by atoms with Gasteiger partial charge in [0.25, 0.3) is 5.91 Å². The summed E-state index contributed by atoms with van der Waals surface area (Å²) in [5.41, 5.74) is -4.22. The monoisotopic (exact) mass is 577 g/mol. The van der Waals surface area contributed by atoms with Crippen LogP contribution in [0.1, 0.15) is 61.3 Å². The number of aromatic nitrogens is 3. The van der Waals surface area contributed by atoms with Gasteiger partial charge in [-0.15, -0.1) is 0 Å². The number of hydrogen-bond donors (Lipinski definition) is 3. The van der Waals surface area contributed by atoms with Crippen LogP contribution in [0.2, 0.25) is 5.02 Å². The van der Waals surface area contributed by atoms with Crippen molar-refractivity contribution < 1.29 is 36.2 Å². The van der Waals surface area contributed by atoms with Crippen LogP contribution in [0.3, 0.4) is 0 Å². The Kier molecular flexibility index (Phi) is 7.78. The molecular weight excluding hydrogens is 552 g/mol. The van der Waals surface area contributed by atoms with E-state index in [1.807, 2.05) is 0 Å². The number of benzene rings is 1. The highest BCUT2D eigenvalue weighted by molar-refractivity contribution is 6.31. The van der Waals surface area contributed by atoms with Crippen molar-refractivity contribution in [3.63, 3.8) is 0 Å². The van der Waals surface area contributed by atoms with Crippen LogP contribution in [0, 0.1) is 0 Å². The fourth-order valence-electron chi connectivity index (χ4n) is 4.67. The van der Waals surface area contributed by atoms with Gasteiger partial charge < -0.3 is 15.7 Å². The van der Waals surface area contributed by atoms with Gasteiger partial charge in [-0.05, 0) is 63.8 Å². The number of nitrogens with one attached hydrogen (secondary N) is 2. The Morgan fingerprint density at radius 2 is 1.79 bits per heavy atom. The maximum absolute atomic E-state index is 13.6. The van der Waals surface area contributed by atoms with E-state index in [9.17, 15) is 36.2 Å². The van der Waals surface area contributed by atoms with Crippen LogP contribution in [-0.2, 0) is 18.9 Å². The molecule has 0 aliphatic heterocycles. The van der Waals surface area contributed by atoms with E-state index in [4.69, 9.17) is 11.6 Å². The number of carbonyl (C=O) groups excluding carboxylic acids is 1. The molecule has 1 saturated carbocycles. The zero-order chi connectivity index (χ0) is 28.8. The second-order valence-corrected chi connectivity index (χ2v) is 10.7. The molecule has 0 radical (unpaired) electrons. The van der Waals surface area contributed by atoms with Gasteiger partial charge in [-0.3, -0.25) is 9.48 Å². The van der Waals surface area contributed by atoms with E-state index in [1.54, 1.807) is 0 Å². The number of fused-ring (bicyclic) bond motifs is 1. The Morgan fingerprint density at radius 1 is 1.10 bits per heavy atom. The molecule has 14 heteroatoms. The molecule has 3 N–H and O–H groups in total. The molecule has 1 fully saturated rings. The highest BCUT2D eigenvalue weighted by Crippen LogP contribution is 2.36. The van der Waals surface area contributed by atoms with Crippen LogP contribution in [0.5, 0.6) is 0 Å². The predicted octanol–water partition coefficient (Wildman–Crippen LogP) is 6.05. The standard InChI is InChI=1S/C25H26ClF6N5O2/c1-23(2,39)12-37-11-17(21(36-37)25(30,31)32)22(38)34-15-5-3-4-14(9-15)33-19-10-20(24(27,28)29)35-18-7-6-13(26)8-16(18)19/h6-8,10-11,14-15,39H,3-5,9,12H2,1-2H3,(H,33,35)(H,34,38). The number of hydrogen-bond acceptors (Lipinski definition) is 5. The molecule has 3 aromatic rings. The SMILES string of the molecule is CC(C)(O)Cn1cc(C(=O)NC2CCCC(Nc3cc(C(F)(F)F)nc4ccc(Cl)cc34)C2)c(C(F)(F)F)n1. The molecule has 2 heterocycles. The first-order valence-electron chi connectivity index (χ1n) is 12.1. The van der Waals surface area contributed by atoms with Gasteiger partial charge in [0, 0.05) is 34.4 Å². The first-order valence-corrected chi connectivity index (χ1v) is 12.5. The average molecular weight is 578 g/mol. The van der Waals surface area contributed by atoms with Gasteiger partial charge in [0.05, 0.1) is 23.2 Å². The first-order chi connectivity index (χ1) is 18.0. The highest BCUT2D eigenvalue weighted by atomic mass is 35.5. The van der Waals surface area contributed by atoms with Crippen LogP contribution in [-0.4, -0.2) is 43.5 Å². The van der Waals surface area contributed by atoms with Crippen LogP contribution in [0.15, 0.2) is 30.5 Å². The lowest BCUT2D eigenvalue weighted by atomic mass is 9.90. The Balaban J connectivity index is 1.54. The zero-order valence-electron chi connectivity index (χ0n) is 20.9. The Morgan fingerprint density at radius 3 is 2.44 bits per heavy atom. The van der Waals surface area contributed by atoms with Crippen molar-refractivity contribution in [3.8, 4) is 0 Å². The molecule has 39 heavy (non-hydrogen) atoms. The molecule has 0 spiro atoms. The Labute approximate surface area is 224 Å². The third kappa shape index (κ3) is 7.13. The van der Waals surface area contributed by atoms with Gasteiger partial charge >= 0.3 is 12.4 Å². The van der Waals surface area contributed by atoms with Crippen molar-refractivity contribution in [2.75, 3.05) is 5.32 Å². The number of amides is 1. The number of anilines is 1. The van der Waals surface area contributed by atoms with Crippen LogP contribution in [0.4, 0.5) is 32.0 Å².